The van der Waals surface area contributed by atoms with E-state index < -0.39 is 0 Å². The average molecular weight is 337 g/mol. The Labute approximate surface area is 139 Å². The summed E-state index contributed by atoms with van der Waals surface area (Å²) in [7, 11) is 0. The molecule has 0 aliphatic heterocycles. The van der Waals surface area contributed by atoms with E-state index in [1.54, 1.807) is 19.2 Å². The zero-order valence-electron chi connectivity index (χ0n) is 12.5. The highest BCUT2D eigenvalue weighted by Gasteiger charge is 2.02. The molecule has 116 valence electrons. The number of nitrogens with zero attached hydrogens (tertiary/aromatic N) is 2. The van der Waals surface area contributed by atoms with Gasteiger partial charge in [-0.1, -0.05) is 36.5 Å². The Bertz CT molecular complexity index is 725. The molecule has 1 aromatic carbocycles. The van der Waals surface area contributed by atoms with Gasteiger partial charge < -0.3 is 5.32 Å². The number of aromatic nitrogens is 2. The van der Waals surface area contributed by atoms with Gasteiger partial charge in [-0.2, -0.15) is 5.10 Å². The van der Waals surface area contributed by atoms with Crippen LogP contribution in [0.25, 0.3) is 10.9 Å². The molecule has 1 heterocycles. The van der Waals surface area contributed by atoms with E-state index in [2.05, 4.69) is 27.4 Å². The van der Waals surface area contributed by atoms with Crippen molar-refractivity contribution >= 4 is 45.6 Å². The first-order valence-electron chi connectivity index (χ1n) is 7.07. The highest BCUT2D eigenvalue weighted by Crippen LogP contribution is 2.18. The van der Waals surface area contributed by atoms with E-state index in [0.717, 1.165) is 29.4 Å². The average Bonchev–Trinajstić information content (AvgIpc) is 2.91. The second-order valence-electron chi connectivity index (χ2n) is 4.84. The lowest BCUT2D eigenvalue weighted by molar-refractivity contribution is 0.954. The molecule has 22 heavy (non-hydrogen) atoms. The van der Waals surface area contributed by atoms with Crippen LogP contribution in [0.5, 0.6) is 0 Å². The number of fused-ring (bicyclic) bond motifs is 1. The maximum atomic E-state index is 6.13. The summed E-state index contributed by atoms with van der Waals surface area (Å²) in [5.74, 6) is 0.590. The van der Waals surface area contributed by atoms with Crippen LogP contribution in [-0.2, 0) is 0 Å². The molecule has 2 rings (SSSR count). The highest BCUT2D eigenvalue weighted by molar-refractivity contribution is 6.32. The number of H-pyrrole nitrogens is 1. The minimum absolute atomic E-state index is 0.447. The second kappa shape index (κ2) is 8.01. The third-order valence-corrected chi connectivity index (χ3v) is 3.22. The molecule has 0 unspecified atom stereocenters. The molecule has 1 aromatic heterocycles. The molecular formula is C16H18Cl2N4. The summed E-state index contributed by atoms with van der Waals surface area (Å²) >= 11 is 12.1. The lowest BCUT2D eigenvalue weighted by Crippen LogP contribution is -2.09. The van der Waals surface area contributed by atoms with E-state index in [1.807, 2.05) is 24.3 Å². The standard InChI is InChI=1S/C16H18Cl2N4/c1-3-4-5-15(18)21-16(8-11(2)17)20-13-6-7-14-12(9-13)10-19-22-14/h5-10H,3-4H2,1-2H3,(H,19,22)(H,20,21)/b11-8+,15-5?. The summed E-state index contributed by atoms with van der Waals surface area (Å²) in [6, 6.07) is 5.88. The highest BCUT2D eigenvalue weighted by atomic mass is 35.5. The van der Waals surface area contributed by atoms with Gasteiger partial charge in [0.05, 0.1) is 11.7 Å². The molecule has 2 aromatic rings. The van der Waals surface area contributed by atoms with Crippen LogP contribution < -0.4 is 5.32 Å². The first-order valence-corrected chi connectivity index (χ1v) is 7.82. The topological polar surface area (TPSA) is 53.1 Å². The van der Waals surface area contributed by atoms with E-state index in [4.69, 9.17) is 23.2 Å². The summed E-state index contributed by atoms with van der Waals surface area (Å²) in [4.78, 5) is 4.36. The lowest BCUT2D eigenvalue weighted by atomic mass is 10.2. The molecule has 0 aliphatic carbocycles. The Morgan fingerprint density at radius 2 is 2.23 bits per heavy atom. The zero-order valence-corrected chi connectivity index (χ0v) is 14.0. The second-order valence-corrected chi connectivity index (χ2v) is 5.82. The zero-order chi connectivity index (χ0) is 15.9. The number of aromatic amines is 1. The van der Waals surface area contributed by atoms with Crippen LogP contribution in [-0.4, -0.2) is 16.0 Å². The fraction of sp³-hybridized carbons (Fsp3) is 0.250. The normalized spacial score (nSPS) is 13.7. The number of hydrogen-bond acceptors (Lipinski definition) is 2. The monoisotopic (exact) mass is 336 g/mol. The number of amidine groups is 1. The van der Waals surface area contributed by atoms with Gasteiger partial charge in [-0.15, -0.1) is 0 Å². The van der Waals surface area contributed by atoms with Crippen LogP contribution in [0.15, 0.2) is 51.7 Å². The SMILES string of the molecule is CCCC=C(Cl)N=C(/C=C(\C)Cl)Nc1ccc2[nH]ncc2c1. The summed E-state index contributed by atoms with van der Waals surface area (Å²) < 4.78 is 0. The Balaban J connectivity index is 2.25. The van der Waals surface area contributed by atoms with Crippen molar-refractivity contribution in [3.63, 3.8) is 0 Å². The Morgan fingerprint density at radius 3 is 2.95 bits per heavy atom. The molecule has 6 heteroatoms. The fourth-order valence-electron chi connectivity index (χ4n) is 1.88. The number of rotatable bonds is 5. The molecule has 0 aliphatic rings. The third-order valence-electron chi connectivity index (χ3n) is 2.88. The van der Waals surface area contributed by atoms with Gasteiger partial charge in [-0.05, 0) is 43.7 Å². The van der Waals surface area contributed by atoms with Crippen molar-refractivity contribution in [1.29, 1.82) is 0 Å². The minimum Gasteiger partial charge on any atom is -0.340 e. The van der Waals surface area contributed by atoms with E-state index >= 15 is 0 Å². The van der Waals surface area contributed by atoms with E-state index in [-0.39, 0.29) is 0 Å². The third kappa shape index (κ3) is 4.90. The predicted molar refractivity (Wildman–Crippen MR) is 95.6 cm³/mol. The first-order chi connectivity index (χ1) is 10.6. The molecule has 2 N–H and O–H groups in total. The molecule has 0 bridgehead atoms. The van der Waals surface area contributed by atoms with Crippen molar-refractivity contribution in [2.24, 2.45) is 4.99 Å². The van der Waals surface area contributed by atoms with Crippen LogP contribution in [0.3, 0.4) is 0 Å². The maximum absolute atomic E-state index is 6.13. The number of allylic oxidation sites excluding steroid dienone is 2. The van der Waals surface area contributed by atoms with Crippen LogP contribution >= 0.6 is 23.2 Å². The number of unbranched alkanes of at least 4 members (excludes halogenated alkanes) is 1. The van der Waals surface area contributed by atoms with Crippen molar-refractivity contribution in [3.05, 3.63) is 46.7 Å². The number of nitrogens with one attached hydrogen (secondary N) is 2. The van der Waals surface area contributed by atoms with E-state index in [0.29, 0.717) is 16.0 Å². The first kappa shape index (κ1) is 16.6. The quantitative estimate of drug-likeness (QED) is 0.436. The van der Waals surface area contributed by atoms with Gasteiger partial charge in [0, 0.05) is 16.1 Å². The van der Waals surface area contributed by atoms with Gasteiger partial charge in [0.1, 0.15) is 11.0 Å². The van der Waals surface area contributed by atoms with Crippen molar-refractivity contribution in [2.45, 2.75) is 26.7 Å². The maximum Gasteiger partial charge on any atom is 0.133 e. The molecule has 0 spiro atoms. The molecule has 0 saturated carbocycles. The number of hydrogen-bond donors (Lipinski definition) is 2. The molecule has 0 atom stereocenters. The number of aliphatic imine (C=N–C) groups is 1. The number of halogens is 2. The number of benzene rings is 1. The van der Waals surface area contributed by atoms with Crippen molar-refractivity contribution in [3.8, 4) is 0 Å². The van der Waals surface area contributed by atoms with Crippen LogP contribution in [0, 0.1) is 0 Å². The van der Waals surface area contributed by atoms with Crippen LogP contribution in [0.4, 0.5) is 5.69 Å². The summed E-state index contributed by atoms with van der Waals surface area (Å²) in [5.41, 5.74) is 1.87. The van der Waals surface area contributed by atoms with E-state index in [9.17, 15) is 0 Å². The summed E-state index contributed by atoms with van der Waals surface area (Å²) in [6.45, 7) is 3.88. The van der Waals surface area contributed by atoms with Crippen LogP contribution in [0.1, 0.15) is 26.7 Å². The van der Waals surface area contributed by atoms with Gasteiger partial charge in [0.15, 0.2) is 0 Å². The van der Waals surface area contributed by atoms with Crippen molar-refractivity contribution in [1.82, 2.24) is 10.2 Å². The van der Waals surface area contributed by atoms with Gasteiger partial charge in [0.2, 0.25) is 0 Å². The summed E-state index contributed by atoms with van der Waals surface area (Å²) in [5, 5.41) is 12.2. The van der Waals surface area contributed by atoms with Crippen LogP contribution in [0.2, 0.25) is 0 Å². The minimum atomic E-state index is 0.447. The Kier molecular flexibility index (Phi) is 6.04. The molecular weight excluding hydrogens is 319 g/mol. The van der Waals surface area contributed by atoms with E-state index in [1.165, 1.54) is 0 Å². The summed E-state index contributed by atoms with van der Waals surface area (Å²) in [6.07, 6.45) is 7.31. The fourth-order valence-corrected chi connectivity index (χ4v) is 2.18. The van der Waals surface area contributed by atoms with Crippen molar-refractivity contribution < 1.29 is 0 Å². The Hall–Kier alpha value is -1.78. The lowest BCUT2D eigenvalue weighted by Gasteiger charge is -2.07. The molecule has 0 amide bonds. The Morgan fingerprint density at radius 1 is 1.41 bits per heavy atom. The number of anilines is 1. The molecule has 4 nitrogen and oxygen atoms in total. The van der Waals surface area contributed by atoms with Gasteiger partial charge in [-0.3, -0.25) is 5.10 Å². The van der Waals surface area contributed by atoms with Gasteiger partial charge in [0.25, 0.3) is 0 Å². The van der Waals surface area contributed by atoms with Gasteiger partial charge in [-0.25, -0.2) is 4.99 Å². The smallest absolute Gasteiger partial charge is 0.133 e. The molecule has 0 saturated heterocycles. The van der Waals surface area contributed by atoms with Crippen molar-refractivity contribution in [2.75, 3.05) is 5.32 Å². The largest absolute Gasteiger partial charge is 0.340 e. The van der Waals surface area contributed by atoms with Gasteiger partial charge >= 0.3 is 0 Å². The molecule has 0 fully saturated rings. The molecule has 0 radical (unpaired) electrons. The predicted octanol–water partition coefficient (Wildman–Crippen LogP) is 5.40.